The summed E-state index contributed by atoms with van der Waals surface area (Å²) in [5.41, 5.74) is 0. The number of hydrogen-bond donors (Lipinski definition) is 3. The molecular weight excluding hydrogens is 226 g/mol. The number of nitrogens with one attached hydrogen (secondary N) is 1. The molecule has 0 aromatic heterocycles. The molecule has 1 atom stereocenters. The Balaban J connectivity index is 3.90. The molecule has 0 amide bonds. The van der Waals surface area contributed by atoms with E-state index < -0.39 is 12.1 Å². The zero-order chi connectivity index (χ0) is 12.6. The Bertz CT molecular complexity index is 199. The second-order valence-corrected chi connectivity index (χ2v) is 5.25. The van der Waals surface area contributed by atoms with E-state index in [1.807, 2.05) is 11.8 Å². The molecule has 0 saturated carbocycles. The number of carboxylic acid groups (broad SMARTS) is 1. The lowest BCUT2D eigenvalue weighted by Crippen LogP contribution is -2.40. The quantitative estimate of drug-likeness (QED) is 0.575. The number of carbonyl (C=O) groups is 1. The highest BCUT2D eigenvalue weighted by atomic mass is 32.2. The minimum atomic E-state index is -0.962. The fourth-order valence-electron chi connectivity index (χ4n) is 1.60. The highest BCUT2D eigenvalue weighted by molar-refractivity contribution is 8.00. The van der Waals surface area contributed by atoms with Crippen LogP contribution >= 0.6 is 11.8 Å². The van der Waals surface area contributed by atoms with Crippen molar-refractivity contribution in [3.05, 3.63) is 0 Å². The number of rotatable bonds is 9. The second kappa shape index (κ2) is 7.92. The third-order valence-corrected chi connectivity index (χ3v) is 4.55. The van der Waals surface area contributed by atoms with Crippen molar-refractivity contribution >= 4 is 17.7 Å². The summed E-state index contributed by atoms with van der Waals surface area (Å²) in [6.45, 7) is 5.44. The minimum Gasteiger partial charge on any atom is -0.481 e. The van der Waals surface area contributed by atoms with Gasteiger partial charge < -0.3 is 15.5 Å². The standard InChI is InChI=1S/C11H23NO3S/c1-4-11(5-2,16-3)8-12-7-9(13)6-10(14)15/h9,12-13H,4-8H2,1-3H3,(H,14,15). The molecule has 0 rings (SSSR count). The smallest absolute Gasteiger partial charge is 0.306 e. The van der Waals surface area contributed by atoms with Crippen LogP contribution in [0.3, 0.4) is 0 Å². The van der Waals surface area contributed by atoms with Crippen LogP contribution in [-0.4, -0.2) is 46.4 Å². The van der Waals surface area contributed by atoms with Crippen molar-refractivity contribution in [2.45, 2.75) is 44.0 Å². The van der Waals surface area contributed by atoms with E-state index in [1.54, 1.807) is 0 Å². The number of aliphatic hydroxyl groups excluding tert-OH is 1. The first-order chi connectivity index (χ1) is 7.49. The predicted octanol–water partition coefficient (Wildman–Crippen LogP) is 1.33. The Morgan fingerprint density at radius 2 is 2.00 bits per heavy atom. The summed E-state index contributed by atoms with van der Waals surface area (Å²) in [5.74, 6) is -0.962. The molecule has 4 nitrogen and oxygen atoms in total. The van der Waals surface area contributed by atoms with E-state index in [0.29, 0.717) is 6.54 Å². The van der Waals surface area contributed by atoms with Gasteiger partial charge in [0.2, 0.25) is 0 Å². The number of carboxylic acids is 1. The molecule has 0 aliphatic rings. The zero-order valence-electron chi connectivity index (χ0n) is 10.3. The number of thioether (sulfide) groups is 1. The maximum absolute atomic E-state index is 10.3. The SMILES string of the molecule is CCC(CC)(CNCC(O)CC(=O)O)SC. The largest absolute Gasteiger partial charge is 0.481 e. The van der Waals surface area contributed by atoms with Crippen molar-refractivity contribution in [1.29, 1.82) is 0 Å². The molecule has 0 heterocycles. The molecule has 0 bridgehead atoms. The molecule has 0 aromatic carbocycles. The predicted molar refractivity (Wildman–Crippen MR) is 68.0 cm³/mol. The van der Waals surface area contributed by atoms with Gasteiger partial charge in [-0.05, 0) is 19.1 Å². The van der Waals surface area contributed by atoms with E-state index in [0.717, 1.165) is 19.4 Å². The molecule has 16 heavy (non-hydrogen) atoms. The van der Waals surface area contributed by atoms with E-state index in [9.17, 15) is 9.90 Å². The van der Waals surface area contributed by atoms with Gasteiger partial charge in [0.15, 0.2) is 0 Å². The minimum absolute atomic E-state index is 0.197. The number of aliphatic hydroxyl groups is 1. The van der Waals surface area contributed by atoms with Crippen molar-refractivity contribution in [2.75, 3.05) is 19.3 Å². The maximum Gasteiger partial charge on any atom is 0.306 e. The summed E-state index contributed by atoms with van der Waals surface area (Å²) < 4.78 is 0.197. The van der Waals surface area contributed by atoms with Crippen LogP contribution in [0.1, 0.15) is 33.1 Å². The van der Waals surface area contributed by atoms with Gasteiger partial charge in [0.05, 0.1) is 12.5 Å². The second-order valence-electron chi connectivity index (χ2n) is 3.98. The van der Waals surface area contributed by atoms with Crippen LogP contribution in [0.2, 0.25) is 0 Å². The molecule has 3 N–H and O–H groups in total. The summed E-state index contributed by atoms with van der Waals surface area (Å²) in [6.07, 6.45) is 3.21. The Kier molecular flexibility index (Phi) is 7.80. The molecule has 5 heteroatoms. The first kappa shape index (κ1) is 15.7. The van der Waals surface area contributed by atoms with E-state index in [1.165, 1.54) is 0 Å². The van der Waals surface area contributed by atoms with Crippen LogP contribution in [0, 0.1) is 0 Å². The Morgan fingerprint density at radius 1 is 1.44 bits per heavy atom. The summed E-state index contributed by atoms with van der Waals surface area (Å²) in [6, 6.07) is 0. The van der Waals surface area contributed by atoms with Gasteiger partial charge in [-0.25, -0.2) is 0 Å². The molecule has 0 aliphatic heterocycles. The van der Waals surface area contributed by atoms with Crippen molar-refractivity contribution < 1.29 is 15.0 Å². The van der Waals surface area contributed by atoms with E-state index in [-0.39, 0.29) is 11.2 Å². The lowest BCUT2D eigenvalue weighted by molar-refractivity contribution is -0.139. The van der Waals surface area contributed by atoms with Crippen LogP contribution < -0.4 is 5.32 Å². The summed E-state index contributed by atoms with van der Waals surface area (Å²) in [5, 5.41) is 21.0. The molecule has 0 fully saturated rings. The van der Waals surface area contributed by atoms with E-state index in [2.05, 4.69) is 25.4 Å². The lowest BCUT2D eigenvalue weighted by atomic mass is 10.0. The first-order valence-corrected chi connectivity index (χ1v) is 6.88. The van der Waals surface area contributed by atoms with Crippen molar-refractivity contribution in [3.63, 3.8) is 0 Å². The van der Waals surface area contributed by atoms with Crippen molar-refractivity contribution in [1.82, 2.24) is 5.32 Å². The Morgan fingerprint density at radius 3 is 2.38 bits per heavy atom. The fraction of sp³-hybridized carbons (Fsp3) is 0.909. The number of aliphatic carboxylic acids is 1. The lowest BCUT2D eigenvalue weighted by Gasteiger charge is -2.30. The first-order valence-electron chi connectivity index (χ1n) is 5.65. The molecule has 96 valence electrons. The monoisotopic (exact) mass is 249 g/mol. The summed E-state index contributed by atoms with van der Waals surface area (Å²) in [4.78, 5) is 10.3. The van der Waals surface area contributed by atoms with Crippen LogP contribution in [0.4, 0.5) is 0 Å². The molecule has 0 radical (unpaired) electrons. The van der Waals surface area contributed by atoms with Gasteiger partial charge in [-0.2, -0.15) is 11.8 Å². The van der Waals surface area contributed by atoms with Gasteiger partial charge in [-0.1, -0.05) is 13.8 Å². The summed E-state index contributed by atoms with van der Waals surface area (Å²) in [7, 11) is 0. The maximum atomic E-state index is 10.3. The molecule has 1 unspecified atom stereocenters. The van der Waals surface area contributed by atoms with Crippen LogP contribution in [-0.2, 0) is 4.79 Å². The van der Waals surface area contributed by atoms with Crippen LogP contribution in [0.5, 0.6) is 0 Å². The molecule has 0 aliphatic carbocycles. The molecule has 0 spiro atoms. The average Bonchev–Trinajstić information content (AvgIpc) is 2.24. The van der Waals surface area contributed by atoms with E-state index in [4.69, 9.17) is 5.11 Å². The molecule has 0 saturated heterocycles. The topological polar surface area (TPSA) is 69.6 Å². The Hall–Kier alpha value is -0.260. The summed E-state index contributed by atoms with van der Waals surface area (Å²) >= 11 is 1.82. The van der Waals surface area contributed by atoms with Crippen LogP contribution in [0.15, 0.2) is 0 Å². The third kappa shape index (κ3) is 5.72. The van der Waals surface area contributed by atoms with Gasteiger partial charge >= 0.3 is 5.97 Å². The molecular formula is C11H23NO3S. The van der Waals surface area contributed by atoms with E-state index >= 15 is 0 Å². The Labute approximate surface area is 102 Å². The highest BCUT2D eigenvalue weighted by Gasteiger charge is 2.24. The van der Waals surface area contributed by atoms with Gasteiger partial charge in [0.25, 0.3) is 0 Å². The van der Waals surface area contributed by atoms with Gasteiger partial charge in [0.1, 0.15) is 0 Å². The van der Waals surface area contributed by atoms with Crippen molar-refractivity contribution in [3.8, 4) is 0 Å². The normalized spacial score (nSPS) is 13.8. The van der Waals surface area contributed by atoms with Crippen LogP contribution in [0.25, 0.3) is 0 Å². The fourth-order valence-corrected chi connectivity index (χ4v) is 2.42. The molecule has 0 aromatic rings. The average molecular weight is 249 g/mol. The third-order valence-electron chi connectivity index (χ3n) is 2.96. The number of hydrogen-bond acceptors (Lipinski definition) is 4. The van der Waals surface area contributed by atoms with Gasteiger partial charge in [-0.3, -0.25) is 4.79 Å². The zero-order valence-corrected chi connectivity index (χ0v) is 11.1. The highest BCUT2D eigenvalue weighted by Crippen LogP contribution is 2.29. The van der Waals surface area contributed by atoms with Gasteiger partial charge in [0, 0.05) is 17.8 Å². The van der Waals surface area contributed by atoms with Gasteiger partial charge in [-0.15, -0.1) is 0 Å². The van der Waals surface area contributed by atoms with Crippen molar-refractivity contribution in [2.24, 2.45) is 0 Å².